The molecule has 2 saturated heterocycles. The fourth-order valence-corrected chi connectivity index (χ4v) is 4.78. The van der Waals surface area contributed by atoms with Crippen molar-refractivity contribution in [1.29, 1.82) is 0 Å². The maximum Gasteiger partial charge on any atom is 0.254 e. The van der Waals surface area contributed by atoms with Crippen molar-refractivity contribution in [2.24, 2.45) is 0 Å². The number of carbonyl (C=O) groups is 4. The van der Waals surface area contributed by atoms with Gasteiger partial charge in [0.05, 0.1) is 6.61 Å². The van der Waals surface area contributed by atoms with Crippen LogP contribution in [-0.4, -0.2) is 74.9 Å². The quantitative estimate of drug-likeness (QED) is 0.453. The van der Waals surface area contributed by atoms with E-state index in [1.165, 1.54) is 11.0 Å². The molecule has 180 valence electrons. The molecule has 2 aromatic carbocycles. The zero-order chi connectivity index (χ0) is 25.4. The van der Waals surface area contributed by atoms with Crippen LogP contribution in [-0.2, 0) is 32.3 Å². The minimum atomic E-state index is -0.916. The molecule has 2 aromatic rings. The third-order valence-corrected chi connectivity index (χ3v) is 6.65. The van der Waals surface area contributed by atoms with Gasteiger partial charge in [-0.3, -0.25) is 24.5 Å². The molecule has 0 spiro atoms. The van der Waals surface area contributed by atoms with Crippen molar-refractivity contribution in [3.8, 4) is 5.75 Å². The molecule has 9 nitrogen and oxygen atoms in total. The van der Waals surface area contributed by atoms with Gasteiger partial charge < -0.3 is 19.3 Å². The predicted molar refractivity (Wildman–Crippen MR) is 130 cm³/mol. The summed E-state index contributed by atoms with van der Waals surface area (Å²) in [6.07, 6.45) is 0.330. The second kappa shape index (κ2) is 9.81. The number of morpholine rings is 1. The summed E-state index contributed by atoms with van der Waals surface area (Å²) in [5, 5.41) is 2.27. The molecule has 4 amide bonds. The minimum absolute atomic E-state index is 0.0265. The van der Waals surface area contributed by atoms with E-state index in [2.05, 4.69) is 5.32 Å². The Morgan fingerprint density at radius 3 is 2.56 bits per heavy atom. The predicted octanol–water partition coefficient (Wildman–Crippen LogP) is -0.154. The number of amides is 4. The average Bonchev–Trinajstić information content (AvgIpc) is 3.09. The van der Waals surface area contributed by atoms with Crippen LogP contribution in [0.1, 0.15) is 45.8 Å². The molecule has 5 rings (SSSR count). The van der Waals surface area contributed by atoms with E-state index in [1.807, 2.05) is 24.3 Å². The van der Waals surface area contributed by atoms with Crippen LogP contribution in [0.4, 0.5) is 0 Å². The van der Waals surface area contributed by atoms with Gasteiger partial charge in [0.25, 0.3) is 5.91 Å². The van der Waals surface area contributed by atoms with Crippen molar-refractivity contribution in [3.63, 3.8) is 0 Å². The van der Waals surface area contributed by atoms with Gasteiger partial charge in [0.1, 0.15) is 40.7 Å². The van der Waals surface area contributed by atoms with E-state index in [9.17, 15) is 19.2 Å². The van der Waals surface area contributed by atoms with Gasteiger partial charge in [-0.25, -0.2) is 0 Å². The first-order chi connectivity index (χ1) is 17.3. The van der Waals surface area contributed by atoms with Crippen LogP contribution in [0.3, 0.4) is 0 Å². The Morgan fingerprint density at radius 2 is 1.83 bits per heavy atom. The largest absolute Gasteiger partial charge is 0.489 e. The Hall–Kier alpha value is -3.59. The summed E-state index contributed by atoms with van der Waals surface area (Å²) in [6.45, 7) is 1.93. The monoisotopic (exact) mass is 483 g/mol. The zero-order valence-electron chi connectivity index (χ0n) is 19.6. The number of fused-ring (bicyclic) bond motifs is 1. The van der Waals surface area contributed by atoms with E-state index in [4.69, 9.17) is 25.2 Å². The number of hydrogen-bond donors (Lipinski definition) is 1. The van der Waals surface area contributed by atoms with Crippen molar-refractivity contribution >= 4 is 44.8 Å². The molecule has 0 saturated carbocycles. The highest BCUT2D eigenvalue weighted by Crippen LogP contribution is 2.40. The third-order valence-electron chi connectivity index (χ3n) is 6.65. The van der Waals surface area contributed by atoms with E-state index < -0.39 is 23.8 Å². The number of rotatable bonds is 6. The Morgan fingerprint density at radius 1 is 1.08 bits per heavy atom. The van der Waals surface area contributed by atoms with Crippen LogP contribution in [0.15, 0.2) is 36.4 Å². The standard InChI is InChI=1S/C25H23B2N3O6/c26-16-9-17-22(23(27)30(25(17)34)18-5-6-20(31)28-24(18)33)19(10-16)36-12-15-3-1-14(2-4-15)11-29-7-8-35-13-21(29)32/h1-4,9-10,18,23H,5-8,11-13H2,(H,28,31,33). The Kier molecular flexibility index (Phi) is 6.57. The smallest absolute Gasteiger partial charge is 0.254 e. The molecule has 2 fully saturated rings. The van der Waals surface area contributed by atoms with Gasteiger partial charge in [0.15, 0.2) is 0 Å². The van der Waals surface area contributed by atoms with Crippen molar-refractivity contribution in [2.45, 2.75) is 38.0 Å². The van der Waals surface area contributed by atoms with Crippen LogP contribution in [0.2, 0.25) is 0 Å². The lowest BCUT2D eigenvalue weighted by atomic mass is 9.84. The van der Waals surface area contributed by atoms with Crippen LogP contribution in [0.5, 0.6) is 5.75 Å². The van der Waals surface area contributed by atoms with Crippen molar-refractivity contribution < 1.29 is 28.7 Å². The first kappa shape index (κ1) is 24.1. The summed E-state index contributed by atoms with van der Waals surface area (Å²) in [7, 11) is 12.5. The minimum Gasteiger partial charge on any atom is -0.489 e. The van der Waals surface area contributed by atoms with Crippen molar-refractivity contribution in [1.82, 2.24) is 15.1 Å². The maximum absolute atomic E-state index is 13.2. The van der Waals surface area contributed by atoms with Crippen LogP contribution >= 0.6 is 0 Å². The number of nitrogens with zero attached hydrogens (tertiary/aromatic N) is 2. The molecule has 0 aromatic heterocycles. The number of imide groups is 1. The molecule has 0 aliphatic carbocycles. The number of piperidine rings is 1. The number of benzene rings is 2. The molecule has 2 unspecified atom stereocenters. The normalized spacial score (nSPS) is 22.0. The molecule has 0 bridgehead atoms. The highest BCUT2D eigenvalue weighted by Gasteiger charge is 2.44. The van der Waals surface area contributed by atoms with Crippen molar-refractivity contribution in [3.05, 3.63) is 58.7 Å². The van der Waals surface area contributed by atoms with Gasteiger partial charge in [0.2, 0.25) is 17.7 Å². The van der Waals surface area contributed by atoms with Crippen LogP contribution < -0.4 is 15.5 Å². The topological polar surface area (TPSA) is 105 Å². The molecule has 11 heteroatoms. The van der Waals surface area contributed by atoms with E-state index in [0.717, 1.165) is 11.1 Å². The van der Waals surface area contributed by atoms with Crippen LogP contribution in [0, 0.1) is 0 Å². The average molecular weight is 483 g/mol. The van der Waals surface area contributed by atoms with Gasteiger partial charge >= 0.3 is 0 Å². The highest BCUT2D eigenvalue weighted by molar-refractivity contribution is 6.33. The number of hydrogen-bond acceptors (Lipinski definition) is 6. The van der Waals surface area contributed by atoms with E-state index in [0.29, 0.717) is 36.5 Å². The second-order valence-electron chi connectivity index (χ2n) is 9.08. The van der Waals surface area contributed by atoms with E-state index in [1.54, 1.807) is 11.0 Å². The molecule has 1 N–H and O–H groups in total. The Bertz CT molecular complexity index is 1240. The van der Waals surface area contributed by atoms with Gasteiger partial charge in [-0.05, 0) is 23.6 Å². The third kappa shape index (κ3) is 4.63. The summed E-state index contributed by atoms with van der Waals surface area (Å²) in [4.78, 5) is 52.1. The van der Waals surface area contributed by atoms with Crippen LogP contribution in [0.25, 0.3) is 0 Å². The number of ether oxygens (including phenoxy) is 2. The first-order valence-electron chi connectivity index (χ1n) is 11.7. The number of nitrogens with one attached hydrogen (secondary N) is 1. The molecule has 4 radical (unpaired) electrons. The van der Waals surface area contributed by atoms with Gasteiger partial charge in [-0.2, -0.15) is 0 Å². The summed E-state index contributed by atoms with van der Waals surface area (Å²) in [6, 6.07) is 9.98. The SMILES string of the molecule is [B]c1cc(OCc2ccc(CN3CCOCC3=O)cc2)c2c(c1)C(=O)N(C1CCC(=O)NC1=O)C2[B]. The lowest BCUT2D eigenvalue weighted by molar-refractivity contribution is -0.143. The molecule has 3 aliphatic heterocycles. The Balaban J connectivity index is 1.30. The van der Waals surface area contributed by atoms with E-state index >= 15 is 0 Å². The lowest BCUT2D eigenvalue weighted by Gasteiger charge is -2.33. The first-order valence-corrected chi connectivity index (χ1v) is 11.7. The summed E-state index contributed by atoms with van der Waals surface area (Å²) in [5.74, 6) is -1.92. The summed E-state index contributed by atoms with van der Waals surface area (Å²) in [5.41, 5.74) is 2.95. The summed E-state index contributed by atoms with van der Waals surface area (Å²) >= 11 is 0. The van der Waals surface area contributed by atoms with E-state index in [-0.39, 0.29) is 43.4 Å². The van der Waals surface area contributed by atoms with Gasteiger partial charge in [-0.1, -0.05) is 35.8 Å². The molecule has 3 heterocycles. The molecule has 2 atom stereocenters. The summed E-state index contributed by atoms with van der Waals surface area (Å²) < 4.78 is 11.2. The molecule has 36 heavy (non-hydrogen) atoms. The fourth-order valence-electron chi connectivity index (χ4n) is 4.78. The highest BCUT2D eigenvalue weighted by atomic mass is 16.5. The maximum atomic E-state index is 13.2. The molecular formula is C25H23B2N3O6. The second-order valence-corrected chi connectivity index (χ2v) is 9.08. The molecular weight excluding hydrogens is 460 g/mol. The van der Waals surface area contributed by atoms with Gasteiger partial charge in [-0.15, -0.1) is 0 Å². The Labute approximate surface area is 210 Å². The molecule has 3 aliphatic rings. The lowest BCUT2D eigenvalue weighted by Crippen LogP contribution is -2.53. The zero-order valence-corrected chi connectivity index (χ0v) is 19.6. The van der Waals surface area contributed by atoms with Crippen molar-refractivity contribution in [2.75, 3.05) is 19.8 Å². The fraction of sp³-hybridized carbons (Fsp3) is 0.360. The number of carbonyl (C=O) groups excluding carboxylic acids is 4. The van der Waals surface area contributed by atoms with Gasteiger partial charge in [0, 0.05) is 36.6 Å².